The maximum Gasteiger partial charge on any atom is 3.00 e. The van der Waals surface area contributed by atoms with Crippen molar-refractivity contribution >= 4 is 95.5 Å². The molecule has 4 rings (SSSR count). The third-order valence-electron chi connectivity index (χ3n) is 12.3. The summed E-state index contributed by atoms with van der Waals surface area (Å²) in [6, 6.07) is 0. The maximum absolute atomic E-state index is 10.5. The number of carboxylic acid groups (broad SMARTS) is 12. The summed E-state index contributed by atoms with van der Waals surface area (Å²) in [7, 11) is 0. The van der Waals surface area contributed by atoms with Gasteiger partial charge in [-0.3, -0.25) is 29.4 Å². The summed E-state index contributed by atoms with van der Waals surface area (Å²) in [4.78, 5) is 172. The van der Waals surface area contributed by atoms with Gasteiger partial charge < -0.3 is 219 Å². The summed E-state index contributed by atoms with van der Waals surface area (Å²) in [6.07, 6.45) is -11.1. The van der Waals surface area contributed by atoms with Gasteiger partial charge in [-0.2, -0.15) is 0 Å². The summed E-state index contributed by atoms with van der Waals surface area (Å²) in [5.74, 6) is -29.5. The number of rotatable bonds is 41. The smallest absolute Gasteiger partial charge is 0.549 e. The third-order valence-corrected chi connectivity index (χ3v) is 12.3. The third kappa shape index (κ3) is 49.6. The Bertz CT molecular complexity index is 2690. The molecule has 0 aromatic rings. The van der Waals surface area contributed by atoms with Crippen LogP contribution in [0.1, 0.15) is 0 Å². The summed E-state index contributed by atoms with van der Waals surface area (Å²) in [5.41, 5.74) is 0. The SMILES string of the molecule is O=C([O-])CN(CCN(CC(=O)[O-])CC(=O)[O-])CC(=O)[O-].O=C([O-])CN(CCN(CC(=O)[O-])CC(=O)[O-])CC(=O)[O-].O=C([O-])CN(CCN(CC(=O)[O-])CC(=O)[O-])CC(=O)[O-].O=C1O[C@H]([C@@H](O)CO)C(O)=C1O.O=C1O[C@H]([C@@H](O)CO)C(O)=C1O.O=C1O[C@H]([C@@H](O)CO)C(O)=C1O.O=C1O[C@H]([C@@H](O)CO)C(O)=C1O.[Fe+3].[Fe+3].[Fe+3].[Fe+3]. The molecule has 0 bridgehead atoms. The largest absolute Gasteiger partial charge is 3.00 e. The molecule has 16 N–H and O–H groups in total. The first-order valence-electron chi connectivity index (χ1n) is 29.1. The molecule has 0 saturated heterocycles. The molecule has 0 amide bonds. The number of carbonyl (C=O) groups excluding carboxylic acids is 16. The van der Waals surface area contributed by atoms with Crippen LogP contribution in [0.5, 0.6) is 0 Å². The van der Waals surface area contributed by atoms with Crippen molar-refractivity contribution in [2.24, 2.45) is 0 Å². The molecule has 4 radical (unpaired) electrons. The van der Waals surface area contributed by atoms with Crippen LogP contribution >= 0.6 is 0 Å². The Morgan fingerprint density at radius 1 is 0.250 bits per heavy atom. The normalized spacial score (nSPS) is 16.8. The molecular weight excluding hydrogens is 1720 g/mol. The van der Waals surface area contributed by atoms with Crippen LogP contribution in [0.4, 0.5) is 0 Å². The van der Waals surface area contributed by atoms with Gasteiger partial charge in [0.05, 0.1) is 98.1 Å². The Kier molecular flexibility index (Phi) is 62.1. The number of aliphatic hydroxyl groups excluding tert-OH is 16. The zero-order chi connectivity index (χ0) is 84.3. The standard InChI is InChI=1S/3C10H16N2O8.4C6H8O6.4Fe/c3*13-7(14)3-11(4-8(15)16)1-2-12(5-9(17)18)6-10(19)20;4*7-1-2(8)5-3(9)4(10)6(11)12-5;;;;/h3*1-6H2,(H,13,14)(H,15,16)(H,17,18)(H,19,20);4*2,5,7-10H,1H2;;;;/q;;;;;;;4*+3/p-12/t;;;4*2-,5+;;;;/m...0000..../s1. The number of esters is 4. The van der Waals surface area contributed by atoms with E-state index in [1.807, 2.05) is 0 Å². The van der Waals surface area contributed by atoms with Gasteiger partial charge in [-0.1, -0.05) is 0 Å². The maximum atomic E-state index is 10.5. The van der Waals surface area contributed by atoms with Crippen molar-refractivity contribution < 1.29 is 307 Å². The van der Waals surface area contributed by atoms with E-state index in [1.54, 1.807) is 0 Å². The Balaban J connectivity index is -0.000000231. The van der Waals surface area contributed by atoms with Crippen LogP contribution in [0.15, 0.2) is 46.1 Å². The molecule has 0 aromatic heterocycles. The fourth-order valence-corrected chi connectivity index (χ4v) is 7.61. The second-order valence-corrected chi connectivity index (χ2v) is 21.0. The van der Waals surface area contributed by atoms with E-state index >= 15 is 0 Å². The molecule has 8 atom stereocenters. The van der Waals surface area contributed by atoms with Gasteiger partial charge in [-0.15, -0.1) is 0 Å². The van der Waals surface area contributed by atoms with Gasteiger partial charge in [0.2, 0.25) is 23.0 Å². The Morgan fingerprint density at radius 3 is 0.411 bits per heavy atom. The molecule has 54 nitrogen and oxygen atoms in total. The topological polar surface area (TPSA) is 930 Å². The van der Waals surface area contributed by atoms with Gasteiger partial charge >= 0.3 is 92.2 Å². The first-order chi connectivity index (χ1) is 49.9. The van der Waals surface area contributed by atoms with Crippen molar-refractivity contribution in [3.8, 4) is 0 Å². The average Bonchev–Trinajstić information content (AvgIpc) is 1.71. The molecule has 0 unspecified atom stereocenters. The summed E-state index contributed by atoms with van der Waals surface area (Å²) in [6.45, 7) is -12.4. The molecule has 0 aromatic carbocycles. The van der Waals surface area contributed by atoms with Crippen LogP contribution in [-0.4, -0.2) is 400 Å². The number of hydrogen-bond acceptors (Lipinski definition) is 54. The predicted octanol–water partition coefficient (Wildman–Crippen LogP) is -27.9. The van der Waals surface area contributed by atoms with Crippen LogP contribution in [0.2, 0.25) is 0 Å². The molecule has 4 aliphatic rings. The van der Waals surface area contributed by atoms with Gasteiger partial charge in [0, 0.05) is 118 Å². The summed E-state index contributed by atoms with van der Waals surface area (Å²) >= 11 is 0. The van der Waals surface area contributed by atoms with Crippen LogP contribution in [-0.2, 0) is 164 Å². The molecule has 634 valence electrons. The Labute approximate surface area is 668 Å². The molecule has 4 aliphatic heterocycles. The average molecular weight is 1790 g/mol. The fourth-order valence-electron chi connectivity index (χ4n) is 7.61. The second-order valence-electron chi connectivity index (χ2n) is 21.0. The van der Waals surface area contributed by atoms with Gasteiger partial charge in [0.15, 0.2) is 47.5 Å². The number of ether oxygens (including phenoxy) is 4. The quantitative estimate of drug-likeness (QED) is 0.0154. The van der Waals surface area contributed by atoms with E-state index < -0.39 is 295 Å². The molecule has 58 heteroatoms. The van der Waals surface area contributed by atoms with Crippen molar-refractivity contribution in [3.63, 3.8) is 0 Å². The number of carbonyl (C=O) groups is 16. The first kappa shape index (κ1) is 116. The number of carboxylic acids is 12. The molecule has 0 aliphatic carbocycles. The van der Waals surface area contributed by atoms with Crippen LogP contribution in [0, 0.1) is 0 Å². The van der Waals surface area contributed by atoms with E-state index in [-0.39, 0.29) is 108 Å². The Hall–Kier alpha value is -9.60. The zero-order valence-electron chi connectivity index (χ0n) is 56.5. The monoisotopic (exact) mass is 1790 g/mol. The number of cyclic esters (lactones) is 4. The van der Waals surface area contributed by atoms with Gasteiger partial charge in [0.25, 0.3) is 0 Å². The summed E-state index contributed by atoms with van der Waals surface area (Å²) < 4.78 is 17.3. The summed E-state index contributed by atoms with van der Waals surface area (Å²) in [5, 5.41) is 265. The second kappa shape index (κ2) is 60.1. The first-order valence-corrected chi connectivity index (χ1v) is 29.1. The van der Waals surface area contributed by atoms with E-state index in [0.717, 1.165) is 29.4 Å². The molecule has 0 spiro atoms. The molecule has 0 saturated carbocycles. The number of aliphatic carboxylic acids is 12. The zero-order valence-corrected chi connectivity index (χ0v) is 60.9. The molecule has 4 heterocycles. The van der Waals surface area contributed by atoms with Gasteiger partial charge in [-0.05, 0) is 0 Å². The van der Waals surface area contributed by atoms with E-state index in [9.17, 15) is 138 Å². The van der Waals surface area contributed by atoms with Gasteiger partial charge in [0.1, 0.15) is 24.4 Å². The fraction of sp³-hybridized carbons (Fsp3) is 0.556. The molecule has 0 fully saturated rings. The van der Waals surface area contributed by atoms with Crippen LogP contribution in [0.3, 0.4) is 0 Å². The number of aliphatic hydroxyl groups is 16. The Morgan fingerprint density at radius 2 is 0.348 bits per heavy atom. The van der Waals surface area contributed by atoms with E-state index in [1.165, 1.54) is 0 Å². The predicted molar refractivity (Wildman–Crippen MR) is 300 cm³/mol. The van der Waals surface area contributed by atoms with Crippen molar-refractivity contribution in [2.75, 3.05) is 144 Å². The minimum Gasteiger partial charge on any atom is -0.549 e. The molecular formula is C54H68Fe4N6O48. The van der Waals surface area contributed by atoms with Crippen molar-refractivity contribution in [2.45, 2.75) is 48.8 Å². The van der Waals surface area contributed by atoms with Crippen molar-refractivity contribution in [1.29, 1.82) is 0 Å². The molecule has 112 heavy (non-hydrogen) atoms. The van der Waals surface area contributed by atoms with E-state index in [2.05, 4.69) is 18.9 Å². The number of hydrogen-bond donors (Lipinski definition) is 16. The van der Waals surface area contributed by atoms with Gasteiger partial charge in [-0.25, -0.2) is 19.2 Å². The van der Waals surface area contributed by atoms with Crippen molar-refractivity contribution in [3.05, 3.63) is 46.1 Å². The van der Waals surface area contributed by atoms with E-state index in [4.69, 9.17) is 81.7 Å². The minimum atomic E-state index is -1.53. The van der Waals surface area contributed by atoms with Crippen LogP contribution < -0.4 is 61.3 Å². The number of nitrogens with zero attached hydrogens (tertiary/aromatic N) is 6. The van der Waals surface area contributed by atoms with E-state index in [0.29, 0.717) is 0 Å². The van der Waals surface area contributed by atoms with Crippen molar-refractivity contribution in [1.82, 2.24) is 29.4 Å². The minimum absolute atomic E-state index is 0. The van der Waals surface area contributed by atoms with Crippen LogP contribution in [0.25, 0.3) is 0 Å².